The molecule has 1 amide bonds. The number of benzene rings is 1. The van der Waals surface area contributed by atoms with Crippen molar-refractivity contribution in [2.24, 2.45) is 11.3 Å². The van der Waals surface area contributed by atoms with Gasteiger partial charge >= 0.3 is 0 Å². The lowest BCUT2D eigenvalue weighted by molar-refractivity contribution is 0.102. The maximum absolute atomic E-state index is 12.7. The smallest absolute Gasteiger partial charge is 0.258 e. The molecule has 0 unspecified atom stereocenters. The largest absolute Gasteiger partial charge is 0.390 e. The number of fused-ring (bicyclic) bond motifs is 1. The zero-order valence-electron chi connectivity index (χ0n) is 14.9. The Balaban J connectivity index is 1.84. The van der Waals surface area contributed by atoms with E-state index in [9.17, 15) is 4.79 Å². The molecule has 128 valence electrons. The van der Waals surface area contributed by atoms with E-state index in [0.717, 1.165) is 24.9 Å². The van der Waals surface area contributed by atoms with Gasteiger partial charge in [0, 0.05) is 10.6 Å². The van der Waals surface area contributed by atoms with E-state index in [0.29, 0.717) is 21.9 Å². The highest BCUT2D eigenvalue weighted by Crippen LogP contribution is 2.43. The van der Waals surface area contributed by atoms with Crippen molar-refractivity contribution in [3.63, 3.8) is 0 Å². The molecule has 1 aliphatic rings. The van der Waals surface area contributed by atoms with Crippen LogP contribution in [0.2, 0.25) is 0 Å². The van der Waals surface area contributed by atoms with Crippen LogP contribution in [-0.2, 0) is 12.8 Å². The normalized spacial score (nSPS) is 17.4. The number of carbonyl (C=O) groups excluding carboxylic acids is 1. The Morgan fingerprint density at radius 1 is 1.25 bits per heavy atom. The summed E-state index contributed by atoms with van der Waals surface area (Å²) in [6, 6.07) is 7.85. The number of aryl methyl sites for hydroxylation is 1. The van der Waals surface area contributed by atoms with Gasteiger partial charge in [-0.25, -0.2) is 0 Å². The number of nitrogens with one attached hydrogen (secondary N) is 1. The fourth-order valence-electron chi connectivity index (χ4n) is 3.43. The maximum Gasteiger partial charge on any atom is 0.258 e. The zero-order chi connectivity index (χ0) is 17.5. The van der Waals surface area contributed by atoms with Crippen LogP contribution in [0.5, 0.6) is 0 Å². The Hall–Kier alpha value is -1.81. The molecular weight excluding hydrogens is 316 g/mol. The zero-order valence-corrected chi connectivity index (χ0v) is 15.7. The lowest BCUT2D eigenvalue weighted by Gasteiger charge is -2.33. The van der Waals surface area contributed by atoms with Gasteiger partial charge in [0.1, 0.15) is 0 Å². The van der Waals surface area contributed by atoms with Crippen LogP contribution >= 0.6 is 11.3 Å². The Bertz CT molecular complexity index is 753. The molecule has 0 bridgehead atoms. The summed E-state index contributed by atoms with van der Waals surface area (Å²) in [6.07, 6.45) is 3.10. The van der Waals surface area contributed by atoms with Gasteiger partial charge in [0.05, 0.1) is 10.6 Å². The Morgan fingerprint density at radius 3 is 2.54 bits per heavy atom. The SMILES string of the molecule is Cc1ccc(NC(=O)c2c(N)sc3c2CC[C@H](C(C)(C)C)C3)cc1. The first-order valence-corrected chi connectivity index (χ1v) is 9.35. The van der Waals surface area contributed by atoms with Gasteiger partial charge in [-0.1, -0.05) is 38.5 Å². The van der Waals surface area contributed by atoms with E-state index in [1.54, 1.807) is 11.3 Å². The summed E-state index contributed by atoms with van der Waals surface area (Å²) < 4.78 is 0. The summed E-state index contributed by atoms with van der Waals surface area (Å²) >= 11 is 1.59. The quantitative estimate of drug-likeness (QED) is 0.803. The van der Waals surface area contributed by atoms with Crippen LogP contribution in [0.1, 0.15) is 53.6 Å². The van der Waals surface area contributed by atoms with Crippen LogP contribution in [0.4, 0.5) is 10.7 Å². The van der Waals surface area contributed by atoms with Gasteiger partial charge in [-0.15, -0.1) is 11.3 Å². The van der Waals surface area contributed by atoms with Crippen molar-refractivity contribution in [1.29, 1.82) is 0 Å². The minimum Gasteiger partial charge on any atom is -0.390 e. The molecule has 1 aromatic heterocycles. The number of nitrogens with two attached hydrogens (primary N) is 1. The number of thiophene rings is 1. The molecule has 1 aromatic carbocycles. The number of hydrogen-bond donors (Lipinski definition) is 2. The van der Waals surface area contributed by atoms with Gasteiger partial charge in [-0.05, 0) is 55.2 Å². The third-order valence-electron chi connectivity index (χ3n) is 5.05. The first kappa shape index (κ1) is 17.0. The van der Waals surface area contributed by atoms with Crippen LogP contribution in [0.25, 0.3) is 0 Å². The van der Waals surface area contributed by atoms with Crippen molar-refractivity contribution in [1.82, 2.24) is 0 Å². The average molecular weight is 343 g/mol. The molecular formula is C20H26N2OS. The van der Waals surface area contributed by atoms with E-state index in [2.05, 4.69) is 26.1 Å². The summed E-state index contributed by atoms with van der Waals surface area (Å²) in [4.78, 5) is 14.0. The Morgan fingerprint density at radius 2 is 1.92 bits per heavy atom. The first-order chi connectivity index (χ1) is 11.3. The number of rotatable bonds is 2. The van der Waals surface area contributed by atoms with Crippen LogP contribution in [0, 0.1) is 18.3 Å². The number of amides is 1. The monoisotopic (exact) mass is 342 g/mol. The van der Waals surface area contributed by atoms with Crippen LogP contribution in [0.15, 0.2) is 24.3 Å². The molecule has 1 atom stereocenters. The second-order valence-electron chi connectivity index (χ2n) is 7.87. The summed E-state index contributed by atoms with van der Waals surface area (Å²) in [7, 11) is 0. The van der Waals surface area contributed by atoms with Crippen molar-refractivity contribution in [2.75, 3.05) is 11.1 Å². The summed E-state index contributed by atoms with van der Waals surface area (Å²) in [6.45, 7) is 8.92. The number of anilines is 2. The van der Waals surface area contributed by atoms with E-state index >= 15 is 0 Å². The van der Waals surface area contributed by atoms with Crippen molar-refractivity contribution >= 4 is 27.9 Å². The third kappa shape index (κ3) is 3.34. The fraction of sp³-hybridized carbons (Fsp3) is 0.450. The van der Waals surface area contributed by atoms with Crippen molar-refractivity contribution in [3.8, 4) is 0 Å². The molecule has 0 spiro atoms. The summed E-state index contributed by atoms with van der Waals surface area (Å²) in [5, 5.41) is 3.64. The lowest BCUT2D eigenvalue weighted by atomic mass is 9.72. The third-order valence-corrected chi connectivity index (χ3v) is 6.14. The molecule has 2 aromatic rings. The molecule has 3 N–H and O–H groups in total. The topological polar surface area (TPSA) is 55.1 Å². The second-order valence-corrected chi connectivity index (χ2v) is 9.01. The predicted molar refractivity (Wildman–Crippen MR) is 103 cm³/mol. The molecule has 3 rings (SSSR count). The predicted octanol–water partition coefficient (Wildman–Crippen LogP) is 5.04. The Kier molecular flexibility index (Phi) is 4.43. The van der Waals surface area contributed by atoms with Crippen LogP contribution < -0.4 is 11.1 Å². The van der Waals surface area contributed by atoms with Gasteiger partial charge in [0.2, 0.25) is 0 Å². The van der Waals surface area contributed by atoms with E-state index in [4.69, 9.17) is 5.73 Å². The first-order valence-electron chi connectivity index (χ1n) is 8.53. The summed E-state index contributed by atoms with van der Waals surface area (Å²) in [5.41, 5.74) is 10.4. The highest BCUT2D eigenvalue weighted by atomic mass is 32.1. The highest BCUT2D eigenvalue weighted by Gasteiger charge is 2.33. The van der Waals surface area contributed by atoms with Gasteiger partial charge < -0.3 is 11.1 Å². The molecule has 1 aliphatic carbocycles. The number of carbonyl (C=O) groups is 1. The van der Waals surface area contributed by atoms with Gasteiger partial charge in [-0.3, -0.25) is 4.79 Å². The molecule has 1 heterocycles. The van der Waals surface area contributed by atoms with Gasteiger partial charge in [0.25, 0.3) is 5.91 Å². The average Bonchev–Trinajstić information content (AvgIpc) is 2.83. The Labute approximate surface area is 148 Å². The van der Waals surface area contributed by atoms with E-state index in [-0.39, 0.29) is 5.91 Å². The minimum atomic E-state index is -0.0805. The molecule has 0 radical (unpaired) electrons. The van der Waals surface area contributed by atoms with Crippen LogP contribution in [0.3, 0.4) is 0 Å². The molecule has 24 heavy (non-hydrogen) atoms. The molecule has 0 fully saturated rings. The molecule has 0 saturated carbocycles. The van der Waals surface area contributed by atoms with E-state index in [1.807, 2.05) is 31.2 Å². The van der Waals surface area contributed by atoms with E-state index in [1.165, 1.54) is 16.0 Å². The van der Waals surface area contributed by atoms with Gasteiger partial charge in [0.15, 0.2) is 0 Å². The van der Waals surface area contributed by atoms with E-state index < -0.39 is 0 Å². The van der Waals surface area contributed by atoms with Crippen LogP contribution in [-0.4, -0.2) is 5.91 Å². The minimum absolute atomic E-state index is 0.0805. The fourth-order valence-corrected chi connectivity index (χ4v) is 4.62. The van der Waals surface area contributed by atoms with Crippen molar-refractivity contribution < 1.29 is 4.79 Å². The molecule has 0 saturated heterocycles. The highest BCUT2D eigenvalue weighted by molar-refractivity contribution is 7.16. The molecule has 3 nitrogen and oxygen atoms in total. The standard InChI is InChI=1S/C20H26N2OS/c1-12-5-8-14(9-6-12)22-19(23)17-15-10-7-13(20(2,3)4)11-16(15)24-18(17)21/h5-6,8-9,13H,7,10-11,21H2,1-4H3,(H,22,23)/t13-/m0/s1. The van der Waals surface area contributed by atoms with Gasteiger partial charge in [-0.2, -0.15) is 0 Å². The molecule has 0 aliphatic heterocycles. The maximum atomic E-state index is 12.7. The van der Waals surface area contributed by atoms with Crippen molar-refractivity contribution in [2.45, 2.75) is 47.0 Å². The second kappa shape index (κ2) is 6.25. The molecule has 4 heteroatoms. The number of nitrogen functional groups attached to an aromatic ring is 1. The lowest BCUT2D eigenvalue weighted by Crippen LogP contribution is -2.27. The van der Waals surface area contributed by atoms with Crippen molar-refractivity contribution in [3.05, 3.63) is 45.8 Å². The number of hydrogen-bond acceptors (Lipinski definition) is 3. The summed E-state index contributed by atoms with van der Waals surface area (Å²) in [5.74, 6) is 0.569.